The second kappa shape index (κ2) is 7.52. The molecule has 0 aliphatic rings. The van der Waals surface area contributed by atoms with Crippen molar-refractivity contribution in [2.24, 2.45) is 0 Å². The maximum absolute atomic E-state index is 13.0. The lowest BCUT2D eigenvalue weighted by Gasteiger charge is -2.05. The first kappa shape index (κ1) is 18.5. The summed E-state index contributed by atoms with van der Waals surface area (Å²) in [6.07, 6.45) is 1.26. The van der Waals surface area contributed by atoms with Crippen LogP contribution < -0.4 is 5.32 Å². The molecule has 3 aromatic rings. The lowest BCUT2D eigenvalue weighted by atomic mass is 10.0. The molecule has 6 heteroatoms. The summed E-state index contributed by atoms with van der Waals surface area (Å²) in [6.45, 7) is 3.81. The minimum absolute atomic E-state index is 0.0285. The van der Waals surface area contributed by atoms with Gasteiger partial charge in [-0.3, -0.25) is 9.59 Å². The van der Waals surface area contributed by atoms with Gasteiger partial charge in [0, 0.05) is 23.0 Å². The van der Waals surface area contributed by atoms with E-state index in [0.29, 0.717) is 27.8 Å². The fourth-order valence-corrected chi connectivity index (χ4v) is 3.49. The third-order valence-corrected chi connectivity index (χ3v) is 4.87. The number of aromatic amines is 1. The summed E-state index contributed by atoms with van der Waals surface area (Å²) < 4.78 is 0. The van der Waals surface area contributed by atoms with E-state index < -0.39 is 0 Å². The van der Waals surface area contributed by atoms with Gasteiger partial charge < -0.3 is 10.3 Å². The van der Waals surface area contributed by atoms with Gasteiger partial charge in [0.25, 0.3) is 0 Å². The molecule has 0 atom stereocenters. The van der Waals surface area contributed by atoms with Crippen molar-refractivity contribution in [2.75, 3.05) is 5.32 Å². The average molecular weight is 389 g/mol. The van der Waals surface area contributed by atoms with E-state index in [1.165, 1.54) is 0 Å². The summed E-state index contributed by atoms with van der Waals surface area (Å²) in [6, 6.07) is 10.5. The minimum atomic E-state index is -0.258. The Balaban J connectivity index is 2.02. The highest BCUT2D eigenvalue weighted by Crippen LogP contribution is 2.31. The molecule has 1 aromatic heterocycles. The third-order valence-electron chi connectivity index (χ3n) is 4.24. The molecule has 0 saturated carbocycles. The Morgan fingerprint density at radius 3 is 2.46 bits per heavy atom. The summed E-state index contributed by atoms with van der Waals surface area (Å²) in [4.78, 5) is 27.9. The number of rotatable bonds is 5. The number of carbonyl (C=O) groups excluding carboxylic acids is 2. The lowest BCUT2D eigenvalue weighted by molar-refractivity contribution is -0.116. The van der Waals surface area contributed by atoms with Crippen LogP contribution in [0.4, 0.5) is 5.69 Å². The van der Waals surface area contributed by atoms with Gasteiger partial charge >= 0.3 is 0 Å². The molecule has 26 heavy (non-hydrogen) atoms. The number of aromatic nitrogens is 1. The first-order valence-electron chi connectivity index (χ1n) is 8.33. The maximum atomic E-state index is 13.0. The van der Waals surface area contributed by atoms with Crippen molar-refractivity contribution < 1.29 is 9.59 Å². The molecule has 0 fully saturated rings. The summed E-state index contributed by atoms with van der Waals surface area (Å²) >= 11 is 12.3. The lowest BCUT2D eigenvalue weighted by Crippen LogP contribution is -2.10. The number of amides is 1. The van der Waals surface area contributed by atoms with Gasteiger partial charge in [0.1, 0.15) is 0 Å². The van der Waals surface area contributed by atoms with E-state index in [1.807, 2.05) is 32.0 Å². The Kier molecular flexibility index (Phi) is 5.35. The van der Waals surface area contributed by atoms with Crippen LogP contribution in [0.25, 0.3) is 10.9 Å². The van der Waals surface area contributed by atoms with E-state index in [4.69, 9.17) is 23.2 Å². The van der Waals surface area contributed by atoms with E-state index in [9.17, 15) is 9.59 Å². The molecule has 3 rings (SSSR count). The number of aryl methyl sites for hydroxylation is 1. The van der Waals surface area contributed by atoms with Crippen molar-refractivity contribution >= 4 is 51.5 Å². The number of hydrogen-bond acceptors (Lipinski definition) is 2. The van der Waals surface area contributed by atoms with E-state index in [2.05, 4.69) is 10.3 Å². The summed E-state index contributed by atoms with van der Waals surface area (Å²) in [5.74, 6) is -0.287. The number of nitrogens with one attached hydrogen (secondary N) is 2. The number of fused-ring (bicyclic) bond motifs is 1. The van der Waals surface area contributed by atoms with Gasteiger partial charge in [0.15, 0.2) is 0 Å². The highest BCUT2D eigenvalue weighted by Gasteiger charge is 2.21. The van der Waals surface area contributed by atoms with Gasteiger partial charge in [0.05, 0.1) is 21.3 Å². The first-order valence-corrected chi connectivity index (χ1v) is 9.08. The number of H-pyrrole nitrogens is 1. The van der Waals surface area contributed by atoms with Crippen LogP contribution in [-0.2, 0) is 4.79 Å². The van der Waals surface area contributed by atoms with Gasteiger partial charge in [-0.15, -0.1) is 0 Å². The minimum Gasteiger partial charge on any atom is -0.352 e. The topological polar surface area (TPSA) is 62.0 Å². The largest absolute Gasteiger partial charge is 0.352 e. The standard InChI is InChI=1S/C20H18Cl2N2O2/c1-3-5-17(25)23-12-8-9-16-13(10-12)11(2)19(24-16)20(26)18-14(21)6-4-7-15(18)22/h4,6-10,24H,3,5H2,1-2H3,(H,23,25). The van der Waals surface area contributed by atoms with Crippen molar-refractivity contribution in [2.45, 2.75) is 26.7 Å². The zero-order valence-corrected chi connectivity index (χ0v) is 16.0. The van der Waals surface area contributed by atoms with Crippen LogP contribution in [0.15, 0.2) is 36.4 Å². The second-order valence-corrected chi connectivity index (χ2v) is 6.92. The van der Waals surface area contributed by atoms with Crippen LogP contribution in [0.2, 0.25) is 10.0 Å². The normalized spacial score (nSPS) is 10.9. The monoisotopic (exact) mass is 388 g/mol. The van der Waals surface area contributed by atoms with Crippen LogP contribution in [-0.4, -0.2) is 16.7 Å². The van der Waals surface area contributed by atoms with Gasteiger partial charge in [-0.2, -0.15) is 0 Å². The van der Waals surface area contributed by atoms with E-state index in [1.54, 1.807) is 18.2 Å². The molecule has 0 aliphatic carbocycles. The smallest absolute Gasteiger partial charge is 0.224 e. The Labute approximate surface area is 161 Å². The van der Waals surface area contributed by atoms with Crippen molar-refractivity contribution in [1.29, 1.82) is 0 Å². The zero-order valence-electron chi connectivity index (χ0n) is 14.5. The second-order valence-electron chi connectivity index (χ2n) is 6.11. The van der Waals surface area contributed by atoms with Crippen LogP contribution in [0.3, 0.4) is 0 Å². The Hall–Kier alpha value is -2.30. The van der Waals surface area contributed by atoms with Crippen molar-refractivity contribution in [3.05, 3.63) is 63.3 Å². The number of carbonyl (C=O) groups is 2. The fraction of sp³-hybridized carbons (Fsp3) is 0.200. The number of ketones is 1. The number of halogens is 2. The highest BCUT2D eigenvalue weighted by atomic mass is 35.5. The molecule has 134 valence electrons. The molecule has 4 nitrogen and oxygen atoms in total. The SMILES string of the molecule is CCCC(=O)Nc1ccc2[nH]c(C(=O)c3c(Cl)cccc3Cl)c(C)c2c1. The van der Waals surface area contributed by atoms with Gasteiger partial charge in [-0.1, -0.05) is 36.2 Å². The molecule has 0 spiro atoms. The van der Waals surface area contributed by atoms with E-state index in [-0.39, 0.29) is 17.3 Å². The van der Waals surface area contributed by atoms with Gasteiger partial charge in [-0.25, -0.2) is 0 Å². The van der Waals surface area contributed by atoms with Gasteiger partial charge in [-0.05, 0) is 49.2 Å². The molecule has 1 heterocycles. The predicted octanol–water partition coefficient (Wildman–Crippen LogP) is 5.75. The maximum Gasteiger partial charge on any atom is 0.224 e. The molecular formula is C20H18Cl2N2O2. The van der Waals surface area contributed by atoms with E-state index >= 15 is 0 Å². The number of hydrogen-bond donors (Lipinski definition) is 2. The molecule has 0 unspecified atom stereocenters. The van der Waals surface area contributed by atoms with Gasteiger partial charge in [0.2, 0.25) is 11.7 Å². The molecule has 0 aliphatic heterocycles. The molecule has 0 radical (unpaired) electrons. The highest BCUT2D eigenvalue weighted by molar-refractivity contribution is 6.41. The predicted molar refractivity (Wildman–Crippen MR) is 106 cm³/mol. The molecule has 0 bridgehead atoms. The summed E-state index contributed by atoms with van der Waals surface area (Å²) in [5.41, 5.74) is 3.01. The van der Waals surface area contributed by atoms with Crippen molar-refractivity contribution in [3.63, 3.8) is 0 Å². The number of anilines is 1. The van der Waals surface area contributed by atoms with Crippen LogP contribution in [0.1, 0.15) is 41.4 Å². The molecule has 0 saturated heterocycles. The third kappa shape index (κ3) is 3.48. The molecular weight excluding hydrogens is 371 g/mol. The zero-order chi connectivity index (χ0) is 18.8. The van der Waals surface area contributed by atoms with Crippen molar-refractivity contribution in [3.8, 4) is 0 Å². The fourth-order valence-electron chi connectivity index (χ4n) is 2.92. The first-order chi connectivity index (χ1) is 12.4. The summed E-state index contributed by atoms with van der Waals surface area (Å²) in [5, 5.41) is 4.36. The molecule has 2 N–H and O–H groups in total. The quantitative estimate of drug-likeness (QED) is 0.546. The Morgan fingerprint density at radius 2 is 1.81 bits per heavy atom. The van der Waals surface area contributed by atoms with Crippen LogP contribution >= 0.6 is 23.2 Å². The summed E-state index contributed by atoms with van der Waals surface area (Å²) in [7, 11) is 0. The molecule has 1 amide bonds. The van der Waals surface area contributed by atoms with Crippen LogP contribution in [0.5, 0.6) is 0 Å². The van der Waals surface area contributed by atoms with Crippen molar-refractivity contribution in [1.82, 2.24) is 4.98 Å². The average Bonchev–Trinajstić information content (AvgIpc) is 2.91. The number of benzene rings is 2. The molecule has 2 aromatic carbocycles. The Morgan fingerprint density at radius 1 is 1.12 bits per heavy atom. The van der Waals surface area contributed by atoms with E-state index in [0.717, 1.165) is 22.9 Å². The Bertz CT molecular complexity index is 988. The van der Waals surface area contributed by atoms with Crippen LogP contribution in [0, 0.1) is 6.92 Å².